The number of pyridine rings is 1. The van der Waals surface area contributed by atoms with Gasteiger partial charge >= 0.3 is 0 Å². The molecule has 0 saturated heterocycles. The van der Waals surface area contributed by atoms with Crippen molar-refractivity contribution >= 4 is 27.7 Å². The Kier molecular flexibility index (Phi) is 4.03. The number of carbonyl (C=O) groups is 1. The number of aromatic nitrogens is 4. The van der Waals surface area contributed by atoms with E-state index in [2.05, 4.69) is 36.5 Å². The van der Waals surface area contributed by atoms with Crippen LogP contribution in [0.4, 0.5) is 5.82 Å². The predicted molar refractivity (Wildman–Crippen MR) is 69.9 cm³/mol. The Bertz CT molecular complexity index is 540. The van der Waals surface area contributed by atoms with Crippen molar-refractivity contribution in [2.45, 2.75) is 19.9 Å². The largest absolute Gasteiger partial charge is 0.311 e. The second-order valence-electron chi connectivity index (χ2n) is 3.73. The van der Waals surface area contributed by atoms with Gasteiger partial charge in [-0.2, -0.15) is 0 Å². The fourth-order valence-electron chi connectivity index (χ4n) is 1.39. The van der Waals surface area contributed by atoms with Gasteiger partial charge in [-0.05, 0) is 35.0 Å². The Balaban J connectivity index is 1.88. The van der Waals surface area contributed by atoms with Gasteiger partial charge < -0.3 is 5.32 Å². The Hall–Kier alpha value is -1.76. The molecule has 0 aliphatic carbocycles. The Morgan fingerprint density at radius 2 is 2.33 bits per heavy atom. The molecule has 0 aliphatic rings. The first-order chi connectivity index (χ1) is 8.65. The van der Waals surface area contributed by atoms with Crippen LogP contribution in [0.25, 0.3) is 0 Å². The number of halogens is 1. The zero-order valence-electron chi connectivity index (χ0n) is 9.80. The molecule has 1 N–H and O–H groups in total. The molecule has 0 saturated carbocycles. The fourth-order valence-corrected chi connectivity index (χ4v) is 1.61. The molecule has 2 aromatic heterocycles. The van der Waals surface area contributed by atoms with E-state index in [1.54, 1.807) is 23.1 Å². The van der Waals surface area contributed by atoms with E-state index in [4.69, 9.17) is 0 Å². The van der Waals surface area contributed by atoms with Crippen molar-refractivity contribution in [2.75, 3.05) is 5.32 Å². The molecule has 7 heteroatoms. The zero-order chi connectivity index (χ0) is 13.0. The molecule has 2 aromatic rings. The molecule has 0 unspecified atom stereocenters. The number of amides is 1. The topological polar surface area (TPSA) is 72.7 Å². The molecule has 6 nitrogen and oxygen atoms in total. The lowest BCUT2D eigenvalue weighted by Crippen LogP contribution is -2.15. The van der Waals surface area contributed by atoms with E-state index in [1.807, 2.05) is 13.0 Å². The van der Waals surface area contributed by atoms with E-state index >= 15 is 0 Å². The maximum atomic E-state index is 11.7. The van der Waals surface area contributed by atoms with Gasteiger partial charge in [-0.25, -0.2) is 4.98 Å². The number of hydrogen-bond acceptors (Lipinski definition) is 4. The zero-order valence-corrected chi connectivity index (χ0v) is 11.4. The van der Waals surface area contributed by atoms with Crippen LogP contribution in [0.5, 0.6) is 0 Å². The molecular formula is C11H12BrN5O. The minimum atomic E-state index is -0.0975. The molecule has 0 spiro atoms. The summed E-state index contributed by atoms with van der Waals surface area (Å²) < 4.78 is 2.53. The summed E-state index contributed by atoms with van der Waals surface area (Å²) >= 11 is 3.36. The van der Waals surface area contributed by atoms with Crippen molar-refractivity contribution in [3.8, 4) is 0 Å². The highest BCUT2D eigenvalue weighted by molar-refractivity contribution is 9.10. The van der Waals surface area contributed by atoms with E-state index in [9.17, 15) is 4.79 Å². The van der Waals surface area contributed by atoms with Gasteiger partial charge in [0, 0.05) is 17.1 Å². The molecule has 18 heavy (non-hydrogen) atoms. The molecular weight excluding hydrogens is 298 g/mol. The lowest BCUT2D eigenvalue weighted by Gasteiger charge is -2.06. The summed E-state index contributed by atoms with van der Waals surface area (Å²) in [5.41, 5.74) is 0.837. The van der Waals surface area contributed by atoms with Crippen LogP contribution >= 0.6 is 15.9 Å². The first-order valence-corrected chi connectivity index (χ1v) is 6.21. The normalized spacial score (nSPS) is 10.3. The third-order valence-corrected chi connectivity index (χ3v) is 3.17. The number of carbonyl (C=O) groups excluding carboxylic acids is 1. The molecule has 0 radical (unpaired) electrons. The Labute approximate surface area is 113 Å². The minimum absolute atomic E-state index is 0.0975. The molecule has 0 atom stereocenters. The number of nitrogens with zero attached hydrogens (tertiary/aromatic N) is 4. The second-order valence-corrected chi connectivity index (χ2v) is 4.58. The molecule has 94 valence electrons. The van der Waals surface area contributed by atoms with E-state index in [-0.39, 0.29) is 5.91 Å². The molecule has 2 rings (SSSR count). The van der Waals surface area contributed by atoms with Crippen LogP contribution in [0.3, 0.4) is 0 Å². The van der Waals surface area contributed by atoms with Crippen molar-refractivity contribution in [1.82, 2.24) is 20.0 Å². The average molecular weight is 310 g/mol. The number of hydrogen-bond donors (Lipinski definition) is 1. The van der Waals surface area contributed by atoms with E-state index in [0.29, 0.717) is 18.8 Å². The smallest absolute Gasteiger partial charge is 0.227 e. The summed E-state index contributed by atoms with van der Waals surface area (Å²) in [5.74, 6) is 0.457. The van der Waals surface area contributed by atoms with Crippen LogP contribution in [0.1, 0.15) is 12.1 Å². The lowest BCUT2D eigenvalue weighted by atomic mass is 10.3. The van der Waals surface area contributed by atoms with E-state index in [0.717, 1.165) is 10.2 Å². The first-order valence-electron chi connectivity index (χ1n) is 5.42. The van der Waals surface area contributed by atoms with Gasteiger partial charge in [0.05, 0.1) is 18.4 Å². The molecule has 0 aromatic carbocycles. The number of nitrogens with one attached hydrogen (secondary N) is 1. The van der Waals surface area contributed by atoms with Crippen LogP contribution < -0.4 is 5.32 Å². The molecule has 1 amide bonds. The maximum Gasteiger partial charge on any atom is 0.227 e. The molecule has 2 heterocycles. The van der Waals surface area contributed by atoms with Gasteiger partial charge in [0.15, 0.2) is 0 Å². The van der Waals surface area contributed by atoms with Gasteiger partial charge in [0.2, 0.25) is 5.91 Å². The maximum absolute atomic E-state index is 11.7. The molecule has 0 bridgehead atoms. The van der Waals surface area contributed by atoms with Gasteiger partial charge in [0.25, 0.3) is 0 Å². The monoisotopic (exact) mass is 309 g/mol. The summed E-state index contributed by atoms with van der Waals surface area (Å²) in [6.07, 6.45) is 3.63. The van der Waals surface area contributed by atoms with Crippen molar-refractivity contribution in [1.29, 1.82) is 0 Å². The van der Waals surface area contributed by atoms with Gasteiger partial charge in [-0.15, -0.1) is 5.10 Å². The highest BCUT2D eigenvalue weighted by Crippen LogP contribution is 2.16. The van der Waals surface area contributed by atoms with E-state index in [1.165, 1.54) is 0 Å². The number of rotatable bonds is 4. The Morgan fingerprint density at radius 3 is 3.00 bits per heavy atom. The summed E-state index contributed by atoms with van der Waals surface area (Å²) in [4.78, 5) is 15.9. The highest BCUT2D eigenvalue weighted by Gasteiger charge is 2.05. The van der Waals surface area contributed by atoms with Crippen molar-refractivity contribution in [2.24, 2.45) is 0 Å². The first kappa shape index (κ1) is 12.7. The van der Waals surface area contributed by atoms with Gasteiger partial charge in [0.1, 0.15) is 5.82 Å². The second kappa shape index (κ2) is 5.72. The Morgan fingerprint density at radius 1 is 1.50 bits per heavy atom. The number of anilines is 1. The quantitative estimate of drug-likeness (QED) is 0.934. The van der Waals surface area contributed by atoms with Crippen LogP contribution in [0.2, 0.25) is 0 Å². The SMILES string of the molecule is Cc1nc(NC(=O)CCn2ccnn2)ccc1Br. The standard InChI is InChI=1S/C11H12BrN5O/c1-8-9(12)2-3-10(14-8)15-11(18)4-6-17-7-5-13-16-17/h2-3,5,7H,4,6H2,1H3,(H,14,15,18). The summed E-state index contributed by atoms with van der Waals surface area (Å²) in [7, 11) is 0. The summed E-state index contributed by atoms with van der Waals surface area (Å²) in [5, 5.41) is 10.2. The van der Waals surface area contributed by atoms with Crippen molar-refractivity contribution < 1.29 is 4.79 Å². The third kappa shape index (κ3) is 3.36. The minimum Gasteiger partial charge on any atom is -0.311 e. The van der Waals surface area contributed by atoms with Crippen molar-refractivity contribution in [3.05, 3.63) is 34.7 Å². The van der Waals surface area contributed by atoms with Crippen LogP contribution in [0, 0.1) is 6.92 Å². The average Bonchev–Trinajstić information content (AvgIpc) is 2.84. The van der Waals surface area contributed by atoms with Gasteiger partial charge in [-0.3, -0.25) is 9.48 Å². The van der Waals surface area contributed by atoms with Crippen LogP contribution in [0.15, 0.2) is 29.0 Å². The van der Waals surface area contributed by atoms with Crippen LogP contribution in [-0.2, 0) is 11.3 Å². The molecule has 0 aliphatic heterocycles. The van der Waals surface area contributed by atoms with Crippen LogP contribution in [-0.4, -0.2) is 25.9 Å². The van der Waals surface area contributed by atoms with E-state index < -0.39 is 0 Å². The lowest BCUT2D eigenvalue weighted by molar-refractivity contribution is -0.116. The van der Waals surface area contributed by atoms with Crippen molar-refractivity contribution in [3.63, 3.8) is 0 Å². The third-order valence-electron chi connectivity index (χ3n) is 2.33. The predicted octanol–water partition coefficient (Wildman–Crippen LogP) is 1.77. The van der Waals surface area contributed by atoms with Gasteiger partial charge in [-0.1, -0.05) is 5.21 Å². The summed E-state index contributed by atoms with van der Waals surface area (Å²) in [6, 6.07) is 3.61. The summed E-state index contributed by atoms with van der Waals surface area (Å²) in [6.45, 7) is 2.37. The fraction of sp³-hybridized carbons (Fsp3) is 0.273. The number of aryl methyl sites for hydroxylation is 2. The highest BCUT2D eigenvalue weighted by atomic mass is 79.9. The molecule has 0 fully saturated rings.